The monoisotopic (exact) mass is 299 g/mol. The van der Waals surface area contributed by atoms with Crippen molar-refractivity contribution in [2.24, 2.45) is 0 Å². The maximum absolute atomic E-state index is 11.8. The topological polar surface area (TPSA) is 55.8 Å². The number of rotatable bonds is 6. The Morgan fingerprint density at radius 3 is 2.45 bits per heavy atom. The van der Waals surface area contributed by atoms with Gasteiger partial charge in [-0.15, -0.1) is 0 Å². The maximum Gasteiger partial charge on any atom is 0.409 e. The fraction of sp³-hybridized carbons (Fsp3) is 0.429. The molecule has 6 heteroatoms. The Morgan fingerprint density at radius 1 is 1.25 bits per heavy atom. The van der Waals surface area contributed by atoms with Crippen molar-refractivity contribution in [2.45, 2.75) is 19.4 Å². The second-order valence-electron chi connectivity index (χ2n) is 3.92. The molecular formula is C14H18ClNO4. The molecule has 1 amide bonds. The molecule has 1 aromatic carbocycles. The van der Waals surface area contributed by atoms with Gasteiger partial charge in [-0.3, -0.25) is 0 Å². The number of nitrogens with zero attached hydrogens (tertiary/aromatic N) is 1. The molecule has 0 fully saturated rings. The van der Waals surface area contributed by atoms with Crippen LogP contribution in [0.25, 0.3) is 0 Å². The Morgan fingerprint density at radius 2 is 1.90 bits per heavy atom. The highest BCUT2D eigenvalue weighted by molar-refractivity contribution is 6.20. The number of halogens is 1. The van der Waals surface area contributed by atoms with Crippen LogP contribution in [0.3, 0.4) is 0 Å². The molecule has 0 aliphatic rings. The number of alkyl halides is 1. The zero-order valence-corrected chi connectivity index (χ0v) is 12.3. The van der Waals surface area contributed by atoms with Crippen molar-refractivity contribution < 1.29 is 19.1 Å². The van der Waals surface area contributed by atoms with Crippen molar-refractivity contribution in [3.63, 3.8) is 0 Å². The smallest absolute Gasteiger partial charge is 0.409 e. The van der Waals surface area contributed by atoms with E-state index in [-0.39, 0.29) is 13.2 Å². The second kappa shape index (κ2) is 8.43. The molecule has 110 valence electrons. The lowest BCUT2D eigenvalue weighted by Crippen LogP contribution is -2.37. The molecule has 0 saturated carbocycles. The molecule has 0 spiro atoms. The lowest BCUT2D eigenvalue weighted by Gasteiger charge is -2.22. The third-order valence-electron chi connectivity index (χ3n) is 2.52. The molecule has 0 aliphatic heterocycles. The summed E-state index contributed by atoms with van der Waals surface area (Å²) in [5.74, 6) is -0.523. The van der Waals surface area contributed by atoms with Gasteiger partial charge in [-0.2, -0.15) is 0 Å². The lowest BCUT2D eigenvalue weighted by atomic mass is 10.2. The SMILES string of the molecule is CCOC(=O)N(CC)CC(Cl)OC(=O)c1ccccc1. The van der Waals surface area contributed by atoms with Crippen LogP contribution in [0.1, 0.15) is 24.2 Å². The highest BCUT2D eigenvalue weighted by Crippen LogP contribution is 2.09. The van der Waals surface area contributed by atoms with E-state index in [1.54, 1.807) is 44.2 Å². The van der Waals surface area contributed by atoms with Gasteiger partial charge in [-0.05, 0) is 26.0 Å². The molecule has 0 heterocycles. The van der Waals surface area contributed by atoms with E-state index in [0.29, 0.717) is 12.1 Å². The number of likely N-dealkylation sites (N-methyl/N-ethyl adjacent to an activating group) is 1. The van der Waals surface area contributed by atoms with E-state index < -0.39 is 17.6 Å². The van der Waals surface area contributed by atoms with Crippen molar-refractivity contribution in [1.29, 1.82) is 0 Å². The number of hydrogen-bond acceptors (Lipinski definition) is 4. The van der Waals surface area contributed by atoms with Crippen molar-refractivity contribution in [1.82, 2.24) is 4.90 Å². The maximum atomic E-state index is 11.8. The Kier molecular flexibility index (Phi) is 6.87. The summed E-state index contributed by atoms with van der Waals surface area (Å²) >= 11 is 5.95. The standard InChI is InChI=1S/C14H18ClNO4/c1-3-16(14(18)19-4-2)10-12(15)20-13(17)11-8-6-5-7-9-11/h5-9,12H,3-4,10H2,1-2H3. The molecule has 0 aliphatic carbocycles. The molecular weight excluding hydrogens is 282 g/mol. The Bertz CT molecular complexity index is 438. The third-order valence-corrected chi connectivity index (χ3v) is 2.74. The van der Waals surface area contributed by atoms with Crippen LogP contribution in [0.15, 0.2) is 30.3 Å². The average Bonchev–Trinajstić information content (AvgIpc) is 2.45. The van der Waals surface area contributed by atoms with Gasteiger partial charge in [-0.25, -0.2) is 9.59 Å². The molecule has 20 heavy (non-hydrogen) atoms. The van der Waals surface area contributed by atoms with Crippen molar-refractivity contribution in [2.75, 3.05) is 19.7 Å². The highest BCUT2D eigenvalue weighted by atomic mass is 35.5. The van der Waals surface area contributed by atoms with Gasteiger partial charge >= 0.3 is 12.1 Å². The quantitative estimate of drug-likeness (QED) is 0.599. The number of carbonyl (C=O) groups is 2. The summed E-state index contributed by atoms with van der Waals surface area (Å²) in [6.07, 6.45) is -0.476. The molecule has 0 bridgehead atoms. The molecule has 1 rings (SSSR count). The van der Waals surface area contributed by atoms with E-state index in [4.69, 9.17) is 21.1 Å². The number of ether oxygens (including phenoxy) is 2. The van der Waals surface area contributed by atoms with Gasteiger partial charge in [0.05, 0.1) is 18.7 Å². The number of benzene rings is 1. The van der Waals surface area contributed by atoms with Crippen LogP contribution in [0.2, 0.25) is 0 Å². The molecule has 0 N–H and O–H groups in total. The van der Waals surface area contributed by atoms with E-state index in [1.807, 2.05) is 0 Å². The van der Waals surface area contributed by atoms with Gasteiger partial charge in [0.1, 0.15) is 0 Å². The summed E-state index contributed by atoms with van der Waals surface area (Å²) in [7, 11) is 0. The minimum absolute atomic E-state index is 0.0788. The van der Waals surface area contributed by atoms with Crippen molar-refractivity contribution in [3.05, 3.63) is 35.9 Å². The Balaban J connectivity index is 2.52. The van der Waals surface area contributed by atoms with Crippen molar-refractivity contribution >= 4 is 23.7 Å². The van der Waals surface area contributed by atoms with Gasteiger partial charge in [0.25, 0.3) is 0 Å². The van der Waals surface area contributed by atoms with E-state index in [0.717, 1.165) is 0 Å². The highest BCUT2D eigenvalue weighted by Gasteiger charge is 2.20. The molecule has 1 aromatic rings. The van der Waals surface area contributed by atoms with E-state index in [9.17, 15) is 9.59 Å². The largest absolute Gasteiger partial charge is 0.450 e. The average molecular weight is 300 g/mol. The molecule has 0 saturated heterocycles. The van der Waals surface area contributed by atoms with Gasteiger partial charge < -0.3 is 14.4 Å². The predicted molar refractivity (Wildman–Crippen MR) is 75.8 cm³/mol. The number of hydrogen-bond donors (Lipinski definition) is 0. The van der Waals surface area contributed by atoms with Gasteiger partial charge in [0.15, 0.2) is 5.56 Å². The first kappa shape index (κ1) is 16.3. The first-order valence-electron chi connectivity index (χ1n) is 6.40. The minimum atomic E-state index is -0.924. The summed E-state index contributed by atoms with van der Waals surface area (Å²) in [4.78, 5) is 24.7. The van der Waals surface area contributed by atoms with Crippen LogP contribution in [0.4, 0.5) is 4.79 Å². The Hall–Kier alpha value is -1.75. The fourth-order valence-corrected chi connectivity index (χ4v) is 1.76. The zero-order chi connectivity index (χ0) is 15.0. The van der Waals surface area contributed by atoms with Gasteiger partial charge in [0, 0.05) is 6.54 Å². The molecule has 1 atom stereocenters. The van der Waals surface area contributed by atoms with E-state index in [2.05, 4.69) is 0 Å². The molecule has 5 nitrogen and oxygen atoms in total. The lowest BCUT2D eigenvalue weighted by molar-refractivity contribution is 0.0368. The van der Waals surface area contributed by atoms with Crippen molar-refractivity contribution in [3.8, 4) is 0 Å². The normalized spacial score (nSPS) is 11.6. The van der Waals surface area contributed by atoms with E-state index in [1.165, 1.54) is 4.90 Å². The summed E-state index contributed by atoms with van der Waals surface area (Å²) in [5, 5.41) is 0. The number of carbonyl (C=O) groups excluding carboxylic acids is 2. The van der Waals surface area contributed by atoms with Crippen LogP contribution < -0.4 is 0 Å². The zero-order valence-electron chi connectivity index (χ0n) is 11.5. The summed E-state index contributed by atoms with van der Waals surface area (Å²) in [5.41, 5.74) is -0.510. The van der Waals surface area contributed by atoms with Gasteiger partial charge in [-0.1, -0.05) is 29.8 Å². The number of esters is 1. The van der Waals surface area contributed by atoms with Crippen LogP contribution in [-0.4, -0.2) is 42.2 Å². The first-order chi connectivity index (χ1) is 9.58. The van der Waals surface area contributed by atoms with Gasteiger partial charge in [0.2, 0.25) is 0 Å². The van der Waals surface area contributed by atoms with Crippen LogP contribution >= 0.6 is 11.6 Å². The van der Waals surface area contributed by atoms with E-state index >= 15 is 0 Å². The summed E-state index contributed by atoms with van der Waals surface area (Å²) in [6, 6.07) is 8.53. The first-order valence-corrected chi connectivity index (χ1v) is 6.83. The summed E-state index contributed by atoms with van der Waals surface area (Å²) in [6.45, 7) is 4.30. The van der Waals surface area contributed by atoms with Crippen LogP contribution in [0, 0.1) is 0 Å². The van der Waals surface area contributed by atoms with Crippen LogP contribution in [0.5, 0.6) is 0 Å². The number of amides is 1. The predicted octanol–water partition coefficient (Wildman–Crippen LogP) is 2.89. The second-order valence-corrected chi connectivity index (χ2v) is 4.41. The third kappa shape index (κ3) is 5.09. The summed E-state index contributed by atoms with van der Waals surface area (Å²) < 4.78 is 9.95. The minimum Gasteiger partial charge on any atom is -0.450 e. The Labute approximate surface area is 123 Å². The molecule has 1 unspecified atom stereocenters. The fourth-order valence-electron chi connectivity index (χ4n) is 1.52. The van der Waals surface area contributed by atoms with Crippen LogP contribution in [-0.2, 0) is 9.47 Å². The molecule has 0 radical (unpaired) electrons. The molecule has 0 aromatic heterocycles.